The third kappa shape index (κ3) is 7.05. The van der Waals surface area contributed by atoms with E-state index >= 15 is 0 Å². The normalized spacial score (nSPS) is 20.9. The number of likely N-dealkylation sites (tertiary alicyclic amines) is 1. The van der Waals surface area contributed by atoms with E-state index in [1.807, 2.05) is 12.1 Å². The molecule has 2 saturated heterocycles. The highest BCUT2D eigenvalue weighted by Crippen LogP contribution is 2.17. The van der Waals surface area contributed by atoms with Crippen molar-refractivity contribution in [3.05, 3.63) is 29.8 Å². The van der Waals surface area contributed by atoms with Gasteiger partial charge in [-0.3, -0.25) is 9.69 Å². The lowest BCUT2D eigenvalue weighted by Gasteiger charge is -2.25. The molecule has 2 heterocycles. The lowest BCUT2D eigenvalue weighted by molar-refractivity contribution is -0.118. The Morgan fingerprint density at radius 2 is 1.85 bits per heavy atom. The van der Waals surface area contributed by atoms with Crippen LogP contribution in [-0.4, -0.2) is 67.7 Å². The zero-order chi connectivity index (χ0) is 16.8. The summed E-state index contributed by atoms with van der Waals surface area (Å²) in [6.07, 6.45) is 3.73. The topological polar surface area (TPSA) is 44.8 Å². The molecule has 1 amide bonds. The summed E-state index contributed by atoms with van der Waals surface area (Å²) in [6.45, 7) is 8.23. The minimum atomic E-state index is 0. The van der Waals surface area contributed by atoms with Gasteiger partial charge in [0.05, 0.1) is 19.8 Å². The van der Waals surface area contributed by atoms with Gasteiger partial charge in [0.25, 0.3) is 0 Å². The van der Waals surface area contributed by atoms with Crippen LogP contribution < -0.4 is 5.32 Å². The fraction of sp³-hybridized carbons (Fsp3) is 0.632. The first-order chi connectivity index (χ1) is 11.7. The number of ether oxygens (including phenoxy) is 1. The van der Waals surface area contributed by atoms with Gasteiger partial charge in [-0.15, -0.1) is 24.8 Å². The molecule has 0 saturated carbocycles. The lowest BCUT2D eigenvalue weighted by atomic mass is 10.1. The van der Waals surface area contributed by atoms with Gasteiger partial charge in [-0.1, -0.05) is 12.1 Å². The molecular weight excluding hydrogens is 373 g/mol. The molecule has 1 aromatic carbocycles. The smallest absolute Gasteiger partial charge is 0.238 e. The van der Waals surface area contributed by atoms with Crippen LogP contribution in [0, 0.1) is 0 Å². The second kappa shape index (κ2) is 11.8. The van der Waals surface area contributed by atoms with Gasteiger partial charge < -0.3 is 15.0 Å². The SMILES string of the molecule is C[C@@H]1CCCN1CCc1ccc(NC(=O)CN2CCOCC2)cc1.Cl.Cl. The molecule has 1 aromatic rings. The first-order valence-corrected chi connectivity index (χ1v) is 9.13. The quantitative estimate of drug-likeness (QED) is 0.792. The predicted octanol–water partition coefficient (Wildman–Crippen LogP) is 2.83. The fourth-order valence-electron chi connectivity index (χ4n) is 3.52. The van der Waals surface area contributed by atoms with Crippen molar-refractivity contribution < 1.29 is 9.53 Å². The van der Waals surface area contributed by atoms with Crippen molar-refractivity contribution >= 4 is 36.4 Å². The van der Waals surface area contributed by atoms with E-state index in [1.165, 1.54) is 24.9 Å². The number of carbonyl (C=O) groups excluding carboxylic acids is 1. The lowest BCUT2D eigenvalue weighted by Crippen LogP contribution is -2.41. The minimum Gasteiger partial charge on any atom is -0.379 e. The summed E-state index contributed by atoms with van der Waals surface area (Å²) in [4.78, 5) is 16.8. The molecule has 2 aliphatic heterocycles. The first kappa shape index (κ1) is 23.2. The number of amides is 1. The van der Waals surface area contributed by atoms with Crippen molar-refractivity contribution in [3.8, 4) is 0 Å². The number of hydrogen-bond acceptors (Lipinski definition) is 4. The molecule has 2 aliphatic rings. The Morgan fingerprint density at radius 1 is 1.15 bits per heavy atom. The first-order valence-electron chi connectivity index (χ1n) is 9.13. The predicted molar refractivity (Wildman–Crippen MR) is 111 cm³/mol. The summed E-state index contributed by atoms with van der Waals surface area (Å²) in [5.41, 5.74) is 2.21. The van der Waals surface area contributed by atoms with Gasteiger partial charge in [0, 0.05) is 31.4 Å². The standard InChI is InChI=1S/C19H29N3O2.2ClH/c1-16-3-2-9-22(16)10-8-17-4-6-18(7-5-17)20-19(23)15-21-11-13-24-14-12-21;;/h4-7,16H,2-3,8-15H2,1H3,(H,20,23);2*1H/t16-;;/m1../s1. The molecule has 2 fully saturated rings. The molecule has 26 heavy (non-hydrogen) atoms. The molecule has 148 valence electrons. The van der Waals surface area contributed by atoms with E-state index in [0.717, 1.165) is 51.0 Å². The third-order valence-corrected chi connectivity index (χ3v) is 5.09. The van der Waals surface area contributed by atoms with Crippen LogP contribution in [0.4, 0.5) is 5.69 Å². The van der Waals surface area contributed by atoms with Gasteiger partial charge in [0.1, 0.15) is 0 Å². The second-order valence-corrected chi connectivity index (χ2v) is 6.91. The highest BCUT2D eigenvalue weighted by molar-refractivity contribution is 5.92. The monoisotopic (exact) mass is 403 g/mol. The number of nitrogens with one attached hydrogen (secondary N) is 1. The van der Waals surface area contributed by atoms with Crippen molar-refractivity contribution in [1.82, 2.24) is 9.80 Å². The summed E-state index contributed by atoms with van der Waals surface area (Å²) >= 11 is 0. The Morgan fingerprint density at radius 3 is 2.46 bits per heavy atom. The van der Waals surface area contributed by atoms with Crippen LogP contribution in [0.1, 0.15) is 25.3 Å². The summed E-state index contributed by atoms with van der Waals surface area (Å²) in [5, 5.41) is 2.99. The summed E-state index contributed by atoms with van der Waals surface area (Å²) < 4.78 is 5.30. The van der Waals surface area contributed by atoms with Crippen LogP contribution in [-0.2, 0) is 16.0 Å². The number of anilines is 1. The molecule has 1 atom stereocenters. The number of morpholine rings is 1. The molecule has 0 aromatic heterocycles. The average molecular weight is 404 g/mol. The molecule has 0 radical (unpaired) electrons. The highest BCUT2D eigenvalue weighted by atomic mass is 35.5. The molecule has 0 bridgehead atoms. The number of benzene rings is 1. The fourth-order valence-corrected chi connectivity index (χ4v) is 3.52. The van der Waals surface area contributed by atoms with Crippen LogP contribution in [0.25, 0.3) is 0 Å². The molecule has 0 spiro atoms. The van der Waals surface area contributed by atoms with E-state index < -0.39 is 0 Å². The number of halogens is 2. The Bertz CT molecular complexity index is 536. The number of nitrogens with zero attached hydrogens (tertiary/aromatic N) is 2. The van der Waals surface area contributed by atoms with Gasteiger partial charge in [-0.2, -0.15) is 0 Å². The van der Waals surface area contributed by atoms with Gasteiger partial charge in [0.2, 0.25) is 5.91 Å². The van der Waals surface area contributed by atoms with Crippen molar-refractivity contribution in [2.24, 2.45) is 0 Å². The Kier molecular flexibility index (Phi) is 10.5. The molecule has 1 N–H and O–H groups in total. The van der Waals surface area contributed by atoms with E-state index in [4.69, 9.17) is 4.74 Å². The highest BCUT2D eigenvalue weighted by Gasteiger charge is 2.19. The van der Waals surface area contributed by atoms with Gasteiger partial charge >= 0.3 is 0 Å². The van der Waals surface area contributed by atoms with Crippen molar-refractivity contribution in [3.63, 3.8) is 0 Å². The molecule has 5 nitrogen and oxygen atoms in total. The molecule has 0 unspecified atom stereocenters. The molecule has 7 heteroatoms. The van der Waals surface area contributed by atoms with Crippen molar-refractivity contribution in [2.75, 3.05) is 51.3 Å². The Labute approximate surface area is 169 Å². The number of carbonyl (C=O) groups is 1. The van der Waals surface area contributed by atoms with Crippen LogP contribution in [0.15, 0.2) is 24.3 Å². The Hall–Kier alpha value is -0.850. The van der Waals surface area contributed by atoms with Gasteiger partial charge in [-0.25, -0.2) is 0 Å². The second-order valence-electron chi connectivity index (χ2n) is 6.91. The van der Waals surface area contributed by atoms with Gasteiger partial charge in [0.15, 0.2) is 0 Å². The van der Waals surface area contributed by atoms with E-state index in [2.05, 4.69) is 34.2 Å². The maximum Gasteiger partial charge on any atom is 0.238 e. The zero-order valence-corrected chi connectivity index (χ0v) is 17.1. The Balaban J connectivity index is 0.00000169. The van der Waals surface area contributed by atoms with Crippen LogP contribution >= 0.6 is 24.8 Å². The van der Waals surface area contributed by atoms with Crippen LogP contribution in [0.3, 0.4) is 0 Å². The van der Waals surface area contributed by atoms with E-state index in [1.54, 1.807) is 0 Å². The molecule has 0 aliphatic carbocycles. The summed E-state index contributed by atoms with van der Waals surface area (Å²) in [5.74, 6) is 0.0514. The van der Waals surface area contributed by atoms with E-state index in [0.29, 0.717) is 6.54 Å². The van der Waals surface area contributed by atoms with E-state index in [-0.39, 0.29) is 30.7 Å². The molecular formula is C19H31Cl2N3O2. The number of rotatable bonds is 6. The maximum atomic E-state index is 12.1. The van der Waals surface area contributed by atoms with E-state index in [9.17, 15) is 4.79 Å². The van der Waals surface area contributed by atoms with Crippen LogP contribution in [0.5, 0.6) is 0 Å². The minimum absolute atomic E-state index is 0. The summed E-state index contributed by atoms with van der Waals surface area (Å²) in [7, 11) is 0. The number of hydrogen-bond donors (Lipinski definition) is 1. The third-order valence-electron chi connectivity index (χ3n) is 5.09. The van der Waals surface area contributed by atoms with Gasteiger partial charge in [-0.05, 0) is 50.4 Å². The molecule has 3 rings (SSSR count). The zero-order valence-electron chi connectivity index (χ0n) is 15.5. The largest absolute Gasteiger partial charge is 0.379 e. The maximum absolute atomic E-state index is 12.1. The summed E-state index contributed by atoms with van der Waals surface area (Å²) in [6, 6.07) is 9.01. The van der Waals surface area contributed by atoms with Crippen molar-refractivity contribution in [2.45, 2.75) is 32.2 Å². The van der Waals surface area contributed by atoms with Crippen LogP contribution in [0.2, 0.25) is 0 Å². The van der Waals surface area contributed by atoms with Crippen molar-refractivity contribution in [1.29, 1.82) is 0 Å². The average Bonchev–Trinajstić information content (AvgIpc) is 3.00.